The van der Waals surface area contributed by atoms with Gasteiger partial charge in [-0.3, -0.25) is 9.59 Å². The molecule has 2 amide bonds. The molecule has 7 nitrogen and oxygen atoms in total. The third kappa shape index (κ3) is 4.65. The summed E-state index contributed by atoms with van der Waals surface area (Å²) in [7, 11) is -3.76. The maximum atomic E-state index is 13.4. The largest absolute Gasteiger partial charge is 0.326 e. The second-order valence-corrected chi connectivity index (χ2v) is 11.2. The number of rotatable bonds is 4. The minimum Gasteiger partial charge on any atom is -0.326 e. The minimum atomic E-state index is -3.76. The molecule has 1 saturated heterocycles. The Bertz CT molecular complexity index is 1210. The fraction of sp³-hybridized carbons (Fsp3) is 0.417. The summed E-state index contributed by atoms with van der Waals surface area (Å²) in [5, 5.41) is 3.43. The molecule has 9 heteroatoms. The molecule has 0 spiro atoms. The van der Waals surface area contributed by atoms with E-state index in [0.29, 0.717) is 36.5 Å². The van der Waals surface area contributed by atoms with E-state index in [1.54, 1.807) is 35.2 Å². The predicted molar refractivity (Wildman–Crippen MR) is 129 cm³/mol. The number of anilines is 2. The molecular weight excluding hydrogens is 462 g/mol. The fourth-order valence-corrected chi connectivity index (χ4v) is 6.44. The Morgan fingerprint density at radius 3 is 2.61 bits per heavy atom. The van der Waals surface area contributed by atoms with Gasteiger partial charge < -0.3 is 10.2 Å². The number of nitrogens with zero attached hydrogens (tertiary/aromatic N) is 2. The summed E-state index contributed by atoms with van der Waals surface area (Å²) in [5.74, 6) is -0.720. The van der Waals surface area contributed by atoms with Crippen LogP contribution in [-0.4, -0.2) is 43.7 Å². The number of aryl methyl sites for hydroxylation is 1. The average molecular weight is 490 g/mol. The number of sulfonamides is 1. The van der Waals surface area contributed by atoms with E-state index in [0.717, 1.165) is 16.8 Å². The number of piperidine rings is 1. The molecule has 0 saturated carbocycles. The normalized spacial score (nSPS) is 21.0. The van der Waals surface area contributed by atoms with Crippen molar-refractivity contribution >= 4 is 44.8 Å². The molecule has 1 N–H and O–H groups in total. The van der Waals surface area contributed by atoms with Crippen molar-refractivity contribution in [3.8, 4) is 0 Å². The van der Waals surface area contributed by atoms with Gasteiger partial charge in [0.15, 0.2) is 0 Å². The smallest absolute Gasteiger partial charge is 0.243 e. The molecule has 2 heterocycles. The number of carbonyl (C=O) groups is 2. The molecule has 2 aromatic rings. The van der Waals surface area contributed by atoms with Crippen molar-refractivity contribution in [2.24, 2.45) is 5.92 Å². The van der Waals surface area contributed by atoms with Crippen molar-refractivity contribution in [3.63, 3.8) is 0 Å². The Kier molecular flexibility index (Phi) is 6.53. The van der Waals surface area contributed by atoms with Gasteiger partial charge in [0.25, 0.3) is 0 Å². The number of amides is 2. The van der Waals surface area contributed by atoms with E-state index in [1.165, 1.54) is 11.2 Å². The van der Waals surface area contributed by atoms with Crippen molar-refractivity contribution in [1.29, 1.82) is 0 Å². The van der Waals surface area contributed by atoms with Gasteiger partial charge in [0.05, 0.1) is 10.8 Å². The minimum absolute atomic E-state index is 0.00575. The summed E-state index contributed by atoms with van der Waals surface area (Å²) in [6.45, 7) is 5.84. The van der Waals surface area contributed by atoms with Gasteiger partial charge in [-0.15, -0.1) is 0 Å². The van der Waals surface area contributed by atoms with Crippen LogP contribution in [0.3, 0.4) is 0 Å². The van der Waals surface area contributed by atoms with E-state index in [4.69, 9.17) is 11.6 Å². The molecule has 33 heavy (non-hydrogen) atoms. The van der Waals surface area contributed by atoms with E-state index in [-0.39, 0.29) is 29.3 Å². The number of halogens is 1. The van der Waals surface area contributed by atoms with Gasteiger partial charge in [-0.1, -0.05) is 17.7 Å². The maximum Gasteiger partial charge on any atom is 0.243 e. The summed E-state index contributed by atoms with van der Waals surface area (Å²) in [5.41, 5.74) is 3.13. The van der Waals surface area contributed by atoms with Crippen molar-refractivity contribution in [3.05, 3.63) is 52.5 Å². The van der Waals surface area contributed by atoms with Crippen molar-refractivity contribution in [2.75, 3.05) is 23.3 Å². The van der Waals surface area contributed by atoms with Crippen molar-refractivity contribution in [1.82, 2.24) is 4.31 Å². The molecule has 1 fully saturated rings. The Hall–Kier alpha value is -2.42. The maximum absolute atomic E-state index is 13.4. The van der Waals surface area contributed by atoms with Gasteiger partial charge in [0.2, 0.25) is 21.8 Å². The third-order valence-corrected chi connectivity index (χ3v) is 8.71. The Morgan fingerprint density at radius 1 is 1.15 bits per heavy atom. The van der Waals surface area contributed by atoms with Gasteiger partial charge in [0, 0.05) is 42.5 Å². The first-order valence-electron chi connectivity index (χ1n) is 11.1. The highest BCUT2D eigenvalue weighted by atomic mass is 35.5. The van der Waals surface area contributed by atoms with Crippen LogP contribution in [0.2, 0.25) is 5.02 Å². The highest BCUT2D eigenvalue weighted by Gasteiger charge is 2.35. The SMILES string of the molecule is CC(=O)N1c2ccc(S(=O)(=O)N3CCC[C@H](C(=O)Nc4ccc(C)c(Cl)c4)C3)cc2C[C@@H]1C. The number of hydrogen-bond donors (Lipinski definition) is 1. The first-order chi connectivity index (χ1) is 15.6. The Morgan fingerprint density at radius 2 is 1.91 bits per heavy atom. The van der Waals surface area contributed by atoms with E-state index < -0.39 is 15.9 Å². The van der Waals surface area contributed by atoms with Crippen LogP contribution < -0.4 is 10.2 Å². The topological polar surface area (TPSA) is 86.8 Å². The van der Waals surface area contributed by atoms with E-state index in [9.17, 15) is 18.0 Å². The van der Waals surface area contributed by atoms with Gasteiger partial charge in [-0.25, -0.2) is 8.42 Å². The lowest BCUT2D eigenvalue weighted by Gasteiger charge is -2.31. The van der Waals surface area contributed by atoms with Crippen LogP contribution in [0.4, 0.5) is 11.4 Å². The molecule has 0 bridgehead atoms. The van der Waals surface area contributed by atoms with Crippen LogP contribution in [0, 0.1) is 12.8 Å². The lowest BCUT2D eigenvalue weighted by atomic mass is 9.98. The third-order valence-electron chi connectivity index (χ3n) is 6.44. The summed E-state index contributed by atoms with van der Waals surface area (Å²) in [6, 6.07) is 10.2. The van der Waals surface area contributed by atoms with Crippen LogP contribution in [0.15, 0.2) is 41.3 Å². The summed E-state index contributed by atoms with van der Waals surface area (Å²) >= 11 is 6.15. The van der Waals surface area contributed by atoms with Gasteiger partial charge in [-0.2, -0.15) is 4.31 Å². The van der Waals surface area contributed by atoms with Gasteiger partial charge in [0.1, 0.15) is 0 Å². The molecule has 2 aliphatic heterocycles. The van der Waals surface area contributed by atoms with Gasteiger partial charge in [-0.05, 0) is 74.6 Å². The van der Waals surface area contributed by atoms with Crippen LogP contribution >= 0.6 is 11.6 Å². The van der Waals surface area contributed by atoms with E-state index in [2.05, 4.69) is 5.32 Å². The molecule has 0 aliphatic carbocycles. The number of benzene rings is 2. The summed E-state index contributed by atoms with van der Waals surface area (Å²) in [6.07, 6.45) is 1.83. The fourth-order valence-electron chi connectivity index (χ4n) is 4.69. The van der Waals surface area contributed by atoms with Crippen LogP contribution in [0.25, 0.3) is 0 Å². The van der Waals surface area contributed by atoms with Crippen LogP contribution in [0.5, 0.6) is 0 Å². The zero-order chi connectivity index (χ0) is 23.9. The van der Waals surface area contributed by atoms with Crippen LogP contribution in [-0.2, 0) is 26.0 Å². The quantitative estimate of drug-likeness (QED) is 0.703. The zero-order valence-electron chi connectivity index (χ0n) is 19.0. The average Bonchev–Trinajstić information content (AvgIpc) is 3.11. The second-order valence-electron chi connectivity index (χ2n) is 8.89. The standard InChI is InChI=1S/C24H28ClN3O4S/c1-15-6-7-20(13-22(15)25)26-24(30)18-5-4-10-27(14-18)33(31,32)21-8-9-23-19(12-21)11-16(2)28(23)17(3)29/h6-9,12-13,16,18H,4-5,10-11,14H2,1-3H3,(H,26,30)/t16-,18-/m0/s1. The number of hydrogen-bond acceptors (Lipinski definition) is 4. The molecule has 4 rings (SSSR count). The molecule has 0 aromatic heterocycles. The Labute approximate surface area is 199 Å². The first kappa shape index (κ1) is 23.7. The summed E-state index contributed by atoms with van der Waals surface area (Å²) < 4.78 is 28.2. The number of fused-ring (bicyclic) bond motifs is 1. The molecule has 0 unspecified atom stereocenters. The lowest BCUT2D eigenvalue weighted by molar-refractivity contribution is -0.121. The second kappa shape index (κ2) is 9.08. The number of nitrogens with one attached hydrogen (secondary N) is 1. The van der Waals surface area contributed by atoms with Crippen LogP contribution in [0.1, 0.15) is 37.8 Å². The molecule has 176 valence electrons. The molecule has 2 aliphatic rings. The summed E-state index contributed by atoms with van der Waals surface area (Å²) in [4.78, 5) is 26.7. The molecule has 2 aromatic carbocycles. The number of carbonyl (C=O) groups excluding carboxylic acids is 2. The van der Waals surface area contributed by atoms with Crippen molar-refractivity contribution < 1.29 is 18.0 Å². The monoisotopic (exact) mass is 489 g/mol. The van der Waals surface area contributed by atoms with E-state index >= 15 is 0 Å². The lowest BCUT2D eigenvalue weighted by Crippen LogP contribution is -2.43. The molecular formula is C24H28ClN3O4S. The van der Waals surface area contributed by atoms with Gasteiger partial charge >= 0.3 is 0 Å². The van der Waals surface area contributed by atoms with Crippen molar-refractivity contribution in [2.45, 2.75) is 51.0 Å². The highest BCUT2D eigenvalue weighted by molar-refractivity contribution is 7.89. The predicted octanol–water partition coefficient (Wildman–Crippen LogP) is 3.99. The highest BCUT2D eigenvalue weighted by Crippen LogP contribution is 2.35. The molecule has 2 atom stereocenters. The first-order valence-corrected chi connectivity index (χ1v) is 12.9. The Balaban J connectivity index is 1.51. The van der Waals surface area contributed by atoms with E-state index in [1.807, 2.05) is 19.9 Å². The zero-order valence-corrected chi connectivity index (χ0v) is 20.5. The molecule has 0 radical (unpaired) electrons.